The lowest BCUT2D eigenvalue weighted by molar-refractivity contribution is -0.141. The van der Waals surface area contributed by atoms with Crippen molar-refractivity contribution in [2.75, 3.05) is 11.4 Å². The Balaban J connectivity index is 1.86. The first kappa shape index (κ1) is 14.5. The zero-order chi connectivity index (χ0) is 15.5. The molecule has 0 saturated carbocycles. The van der Waals surface area contributed by atoms with Crippen LogP contribution in [-0.2, 0) is 24.2 Å². The Morgan fingerprint density at radius 1 is 1.32 bits per heavy atom. The minimum atomic E-state index is -0.739. The molecule has 1 N–H and O–H groups in total. The highest BCUT2D eigenvalue weighted by molar-refractivity contribution is 5.73. The highest BCUT2D eigenvalue weighted by Gasteiger charge is 2.28. The molecular formula is C17H19N3O2. The highest BCUT2D eigenvalue weighted by atomic mass is 16.4. The van der Waals surface area contributed by atoms with E-state index in [9.17, 15) is 9.90 Å². The molecule has 1 aromatic heterocycles. The fourth-order valence-electron chi connectivity index (χ4n) is 2.87. The third kappa shape index (κ3) is 2.93. The molecule has 0 amide bonds. The van der Waals surface area contributed by atoms with Gasteiger partial charge in [0.1, 0.15) is 5.82 Å². The van der Waals surface area contributed by atoms with Crippen molar-refractivity contribution < 1.29 is 9.90 Å². The lowest BCUT2D eigenvalue weighted by atomic mass is 9.92. The van der Waals surface area contributed by atoms with Crippen molar-refractivity contribution in [1.29, 1.82) is 0 Å². The average molecular weight is 297 g/mol. The zero-order valence-corrected chi connectivity index (χ0v) is 12.6. The van der Waals surface area contributed by atoms with E-state index in [1.807, 2.05) is 37.5 Å². The number of carboxylic acid groups (broad SMARTS) is 1. The van der Waals surface area contributed by atoms with Gasteiger partial charge in [0.2, 0.25) is 0 Å². The quantitative estimate of drug-likeness (QED) is 0.938. The second kappa shape index (κ2) is 6.13. The fourth-order valence-corrected chi connectivity index (χ4v) is 2.87. The van der Waals surface area contributed by atoms with Gasteiger partial charge in [0.05, 0.1) is 5.92 Å². The number of hydrogen-bond acceptors (Lipinski definition) is 4. The molecule has 5 heteroatoms. The van der Waals surface area contributed by atoms with Gasteiger partial charge < -0.3 is 10.0 Å². The molecule has 22 heavy (non-hydrogen) atoms. The highest BCUT2D eigenvalue weighted by Crippen LogP contribution is 2.30. The minimum Gasteiger partial charge on any atom is -0.481 e. The summed E-state index contributed by atoms with van der Waals surface area (Å²) < 4.78 is 0. The van der Waals surface area contributed by atoms with Gasteiger partial charge in [-0.15, -0.1) is 0 Å². The van der Waals surface area contributed by atoms with Gasteiger partial charge in [0, 0.05) is 43.2 Å². The number of aryl methyl sites for hydroxylation is 1. The third-order valence-corrected chi connectivity index (χ3v) is 4.04. The smallest absolute Gasteiger partial charge is 0.308 e. The first-order valence-electron chi connectivity index (χ1n) is 7.53. The van der Waals surface area contributed by atoms with Gasteiger partial charge in [-0.05, 0) is 18.1 Å². The summed E-state index contributed by atoms with van der Waals surface area (Å²) in [6.07, 6.45) is 5.07. The first-order chi connectivity index (χ1) is 10.7. The van der Waals surface area contributed by atoms with E-state index in [0.29, 0.717) is 19.5 Å². The molecule has 0 spiro atoms. The van der Waals surface area contributed by atoms with Crippen LogP contribution in [0.5, 0.6) is 0 Å². The molecule has 1 aliphatic rings. The largest absolute Gasteiger partial charge is 0.481 e. The van der Waals surface area contributed by atoms with Crippen LogP contribution in [0.1, 0.15) is 23.9 Å². The SMILES string of the molecule is CCc1ncc(CN2CC(C(=O)O)Cc3ccccc32)cn1. The molecule has 2 heterocycles. The lowest BCUT2D eigenvalue weighted by Gasteiger charge is -2.34. The van der Waals surface area contributed by atoms with Crippen molar-refractivity contribution in [3.8, 4) is 0 Å². The number of fused-ring (bicyclic) bond motifs is 1. The molecule has 1 aliphatic heterocycles. The Morgan fingerprint density at radius 3 is 2.73 bits per heavy atom. The molecule has 0 fully saturated rings. The predicted molar refractivity (Wildman–Crippen MR) is 83.7 cm³/mol. The second-order valence-corrected chi connectivity index (χ2v) is 5.61. The first-order valence-corrected chi connectivity index (χ1v) is 7.53. The van der Waals surface area contributed by atoms with E-state index in [4.69, 9.17) is 0 Å². The summed E-state index contributed by atoms with van der Waals surface area (Å²) in [4.78, 5) is 22.1. The zero-order valence-electron chi connectivity index (χ0n) is 12.6. The van der Waals surface area contributed by atoms with Crippen molar-refractivity contribution in [3.05, 3.63) is 53.6 Å². The number of carboxylic acids is 1. The minimum absolute atomic E-state index is 0.370. The Kier molecular flexibility index (Phi) is 4.04. The normalized spacial score (nSPS) is 17.1. The average Bonchev–Trinajstić information content (AvgIpc) is 2.55. The third-order valence-electron chi connectivity index (χ3n) is 4.04. The Morgan fingerprint density at radius 2 is 2.05 bits per heavy atom. The Bertz CT molecular complexity index is 670. The van der Waals surface area contributed by atoms with Crippen LogP contribution in [0.25, 0.3) is 0 Å². The van der Waals surface area contributed by atoms with E-state index in [1.54, 1.807) is 0 Å². The van der Waals surface area contributed by atoms with E-state index in [1.165, 1.54) is 0 Å². The van der Waals surface area contributed by atoms with Crippen LogP contribution in [0.2, 0.25) is 0 Å². The maximum Gasteiger partial charge on any atom is 0.308 e. The molecule has 5 nitrogen and oxygen atoms in total. The molecular weight excluding hydrogens is 278 g/mol. The summed E-state index contributed by atoms with van der Waals surface area (Å²) in [6.45, 7) is 3.17. The van der Waals surface area contributed by atoms with Gasteiger partial charge >= 0.3 is 5.97 Å². The monoisotopic (exact) mass is 297 g/mol. The number of carbonyl (C=O) groups is 1. The van der Waals surface area contributed by atoms with Gasteiger partial charge in [0.15, 0.2) is 0 Å². The molecule has 1 atom stereocenters. The number of benzene rings is 1. The number of aliphatic carboxylic acids is 1. The van der Waals surface area contributed by atoms with Crippen LogP contribution < -0.4 is 4.90 Å². The second-order valence-electron chi connectivity index (χ2n) is 5.61. The van der Waals surface area contributed by atoms with Crippen LogP contribution in [0.15, 0.2) is 36.7 Å². The summed E-state index contributed by atoms with van der Waals surface area (Å²) in [7, 11) is 0. The van der Waals surface area contributed by atoms with Gasteiger partial charge in [0.25, 0.3) is 0 Å². The van der Waals surface area contributed by atoms with Crippen LogP contribution in [0.4, 0.5) is 5.69 Å². The Labute approximate surface area is 129 Å². The van der Waals surface area contributed by atoms with Gasteiger partial charge in [-0.1, -0.05) is 25.1 Å². The maximum absolute atomic E-state index is 11.4. The van der Waals surface area contributed by atoms with Crippen molar-refractivity contribution in [2.45, 2.75) is 26.3 Å². The molecule has 1 aromatic carbocycles. The van der Waals surface area contributed by atoms with Crippen LogP contribution in [0.3, 0.4) is 0 Å². The summed E-state index contributed by atoms with van der Waals surface area (Å²) in [5.74, 6) is -0.283. The summed E-state index contributed by atoms with van der Waals surface area (Å²) in [5.41, 5.74) is 3.20. The number of hydrogen-bond donors (Lipinski definition) is 1. The molecule has 0 saturated heterocycles. The van der Waals surface area contributed by atoms with Gasteiger partial charge in [-0.2, -0.15) is 0 Å². The van der Waals surface area contributed by atoms with Gasteiger partial charge in [-0.25, -0.2) is 9.97 Å². The molecule has 3 rings (SSSR count). The summed E-state index contributed by atoms with van der Waals surface area (Å²) >= 11 is 0. The Hall–Kier alpha value is -2.43. The number of anilines is 1. The van der Waals surface area contributed by atoms with Crippen molar-refractivity contribution in [2.24, 2.45) is 5.92 Å². The number of aromatic nitrogens is 2. The van der Waals surface area contributed by atoms with Crippen LogP contribution >= 0.6 is 0 Å². The van der Waals surface area contributed by atoms with E-state index in [0.717, 1.165) is 29.1 Å². The van der Waals surface area contributed by atoms with Crippen molar-refractivity contribution >= 4 is 11.7 Å². The molecule has 0 radical (unpaired) electrons. The molecule has 0 bridgehead atoms. The van der Waals surface area contributed by atoms with E-state index in [2.05, 4.69) is 20.9 Å². The number of rotatable bonds is 4. The van der Waals surface area contributed by atoms with Crippen LogP contribution in [-0.4, -0.2) is 27.6 Å². The number of para-hydroxylation sites is 1. The van der Waals surface area contributed by atoms with E-state index in [-0.39, 0.29) is 5.92 Å². The molecule has 1 unspecified atom stereocenters. The molecule has 2 aromatic rings. The number of nitrogens with zero attached hydrogens (tertiary/aromatic N) is 3. The molecule has 0 aliphatic carbocycles. The fraction of sp³-hybridized carbons (Fsp3) is 0.353. The summed E-state index contributed by atoms with van der Waals surface area (Å²) in [6, 6.07) is 8.01. The van der Waals surface area contributed by atoms with Crippen molar-refractivity contribution in [3.63, 3.8) is 0 Å². The standard InChI is InChI=1S/C17H19N3O2/c1-2-16-18-8-12(9-19-16)10-20-11-14(17(21)22)7-13-5-3-4-6-15(13)20/h3-6,8-9,14H,2,7,10-11H2,1H3,(H,21,22). The maximum atomic E-state index is 11.4. The van der Waals surface area contributed by atoms with E-state index < -0.39 is 5.97 Å². The predicted octanol–water partition coefficient (Wildman–Crippen LogP) is 2.30. The van der Waals surface area contributed by atoms with E-state index >= 15 is 0 Å². The van der Waals surface area contributed by atoms with Gasteiger partial charge in [-0.3, -0.25) is 4.79 Å². The van der Waals surface area contributed by atoms with Crippen molar-refractivity contribution in [1.82, 2.24) is 9.97 Å². The lowest BCUT2D eigenvalue weighted by Crippen LogP contribution is -2.38. The summed E-state index contributed by atoms with van der Waals surface area (Å²) in [5, 5.41) is 9.36. The van der Waals surface area contributed by atoms with Crippen LogP contribution in [0, 0.1) is 5.92 Å². The topological polar surface area (TPSA) is 66.3 Å². The molecule has 114 valence electrons.